The van der Waals surface area contributed by atoms with Gasteiger partial charge < -0.3 is 20.5 Å². The number of aliphatic hydroxyl groups excluding tert-OH is 1. The monoisotopic (exact) mass is 252 g/mol. The molecule has 0 aliphatic carbocycles. The molecule has 1 rings (SSSR count). The van der Waals surface area contributed by atoms with Crippen LogP contribution in [0.4, 0.5) is 11.4 Å². The van der Waals surface area contributed by atoms with Gasteiger partial charge in [0.15, 0.2) is 0 Å². The van der Waals surface area contributed by atoms with E-state index in [9.17, 15) is 9.90 Å². The maximum atomic E-state index is 11.7. The van der Waals surface area contributed by atoms with Crippen LogP contribution in [0.1, 0.15) is 23.7 Å². The summed E-state index contributed by atoms with van der Waals surface area (Å²) in [5.41, 5.74) is 7.38. The summed E-state index contributed by atoms with van der Waals surface area (Å²) >= 11 is 0. The van der Waals surface area contributed by atoms with Gasteiger partial charge in [0.1, 0.15) is 0 Å². The number of nitrogens with two attached hydrogens (primary N) is 1. The van der Waals surface area contributed by atoms with Crippen LogP contribution in [0.15, 0.2) is 18.2 Å². The lowest BCUT2D eigenvalue weighted by molar-refractivity contribution is 0.0601. The molecule has 0 aromatic heterocycles. The average Bonchev–Trinajstić information content (AvgIpc) is 2.34. The van der Waals surface area contributed by atoms with Crippen molar-refractivity contribution in [1.82, 2.24) is 0 Å². The van der Waals surface area contributed by atoms with E-state index in [1.807, 2.05) is 11.9 Å². The number of hydrogen-bond donors (Lipinski definition) is 2. The van der Waals surface area contributed by atoms with Crippen molar-refractivity contribution in [3.05, 3.63) is 23.8 Å². The summed E-state index contributed by atoms with van der Waals surface area (Å²) in [5.74, 6) is -0.416. The van der Waals surface area contributed by atoms with Crippen LogP contribution in [-0.4, -0.2) is 37.9 Å². The van der Waals surface area contributed by atoms with Crippen molar-refractivity contribution >= 4 is 17.3 Å². The van der Waals surface area contributed by atoms with E-state index in [-0.39, 0.29) is 6.10 Å². The molecule has 5 heteroatoms. The first-order valence-corrected chi connectivity index (χ1v) is 5.82. The number of benzene rings is 1. The van der Waals surface area contributed by atoms with E-state index in [4.69, 9.17) is 10.5 Å². The quantitative estimate of drug-likeness (QED) is 0.609. The van der Waals surface area contributed by atoms with E-state index in [0.29, 0.717) is 24.2 Å². The first-order valence-electron chi connectivity index (χ1n) is 5.82. The fourth-order valence-corrected chi connectivity index (χ4v) is 1.66. The number of methoxy groups -OCH3 is 1. The molecule has 0 aliphatic heterocycles. The van der Waals surface area contributed by atoms with Crippen molar-refractivity contribution in [2.24, 2.45) is 0 Å². The van der Waals surface area contributed by atoms with Gasteiger partial charge in [0.25, 0.3) is 0 Å². The van der Waals surface area contributed by atoms with Gasteiger partial charge in [-0.3, -0.25) is 0 Å². The number of hydrogen-bond acceptors (Lipinski definition) is 5. The molecule has 1 aromatic carbocycles. The van der Waals surface area contributed by atoms with Crippen LogP contribution in [0.2, 0.25) is 0 Å². The first-order chi connectivity index (χ1) is 8.45. The summed E-state index contributed by atoms with van der Waals surface area (Å²) in [6, 6.07) is 5.12. The average molecular weight is 252 g/mol. The molecule has 5 nitrogen and oxygen atoms in total. The van der Waals surface area contributed by atoms with Gasteiger partial charge in [0.05, 0.1) is 24.5 Å². The highest BCUT2D eigenvalue weighted by Crippen LogP contribution is 2.23. The Morgan fingerprint density at radius 3 is 2.78 bits per heavy atom. The van der Waals surface area contributed by atoms with E-state index in [1.54, 1.807) is 25.1 Å². The molecule has 100 valence electrons. The molecule has 0 heterocycles. The summed E-state index contributed by atoms with van der Waals surface area (Å²) < 4.78 is 4.74. The third kappa shape index (κ3) is 3.63. The van der Waals surface area contributed by atoms with Gasteiger partial charge in [0, 0.05) is 19.3 Å². The normalized spacial score (nSPS) is 12.0. The molecule has 0 amide bonds. The third-order valence-electron chi connectivity index (χ3n) is 2.72. The second-order valence-corrected chi connectivity index (χ2v) is 4.33. The maximum absolute atomic E-state index is 11.7. The van der Waals surface area contributed by atoms with Crippen molar-refractivity contribution in [2.75, 3.05) is 31.3 Å². The Bertz CT molecular complexity index is 419. The van der Waals surface area contributed by atoms with Crippen LogP contribution in [0.25, 0.3) is 0 Å². The van der Waals surface area contributed by atoms with Crippen LogP contribution >= 0.6 is 0 Å². The van der Waals surface area contributed by atoms with Crippen LogP contribution in [0.3, 0.4) is 0 Å². The highest BCUT2D eigenvalue weighted by atomic mass is 16.5. The number of nitrogen functional groups attached to an aromatic ring is 1. The molecule has 3 N–H and O–H groups in total. The Morgan fingerprint density at radius 2 is 2.22 bits per heavy atom. The zero-order valence-corrected chi connectivity index (χ0v) is 11.0. The number of anilines is 2. The Morgan fingerprint density at radius 1 is 1.56 bits per heavy atom. The lowest BCUT2D eigenvalue weighted by Crippen LogP contribution is -2.24. The van der Waals surface area contributed by atoms with Gasteiger partial charge >= 0.3 is 5.97 Å². The maximum Gasteiger partial charge on any atom is 0.340 e. The zero-order valence-electron chi connectivity index (χ0n) is 11.0. The Labute approximate surface area is 107 Å². The number of ether oxygens (including phenoxy) is 1. The molecule has 0 radical (unpaired) electrons. The molecule has 1 atom stereocenters. The summed E-state index contributed by atoms with van der Waals surface area (Å²) in [6.45, 7) is 2.38. The SMILES string of the molecule is COC(=O)c1cc(N)ccc1N(C)CCC(C)O. The van der Waals surface area contributed by atoms with Crippen molar-refractivity contribution in [1.29, 1.82) is 0 Å². The predicted octanol–water partition coefficient (Wildman–Crippen LogP) is 1.26. The molecule has 0 saturated heterocycles. The van der Waals surface area contributed by atoms with E-state index in [2.05, 4.69) is 0 Å². The molecule has 0 saturated carbocycles. The van der Waals surface area contributed by atoms with Crippen molar-refractivity contribution in [3.63, 3.8) is 0 Å². The second kappa shape index (κ2) is 6.26. The summed E-state index contributed by atoms with van der Waals surface area (Å²) in [4.78, 5) is 13.6. The van der Waals surface area contributed by atoms with Gasteiger partial charge in [-0.05, 0) is 31.5 Å². The van der Waals surface area contributed by atoms with Gasteiger partial charge in [-0.15, -0.1) is 0 Å². The topological polar surface area (TPSA) is 75.8 Å². The molecule has 1 unspecified atom stereocenters. The Kier molecular flexibility index (Phi) is 4.97. The van der Waals surface area contributed by atoms with Crippen molar-refractivity contribution in [3.8, 4) is 0 Å². The minimum absolute atomic E-state index is 0.372. The highest BCUT2D eigenvalue weighted by Gasteiger charge is 2.15. The zero-order chi connectivity index (χ0) is 13.7. The number of esters is 1. The third-order valence-corrected chi connectivity index (χ3v) is 2.72. The van der Waals surface area contributed by atoms with Crippen LogP contribution in [0.5, 0.6) is 0 Å². The minimum Gasteiger partial charge on any atom is -0.465 e. The number of nitrogens with zero attached hydrogens (tertiary/aromatic N) is 1. The number of carbonyl (C=O) groups excluding carboxylic acids is 1. The van der Waals surface area contributed by atoms with Gasteiger partial charge in [-0.2, -0.15) is 0 Å². The minimum atomic E-state index is -0.416. The Hall–Kier alpha value is -1.75. The number of rotatable bonds is 5. The van der Waals surface area contributed by atoms with Gasteiger partial charge in [-0.1, -0.05) is 0 Å². The second-order valence-electron chi connectivity index (χ2n) is 4.33. The van der Waals surface area contributed by atoms with Crippen LogP contribution in [0, 0.1) is 0 Å². The molecule has 18 heavy (non-hydrogen) atoms. The number of carbonyl (C=O) groups is 1. The first kappa shape index (κ1) is 14.3. The summed E-state index contributed by atoms with van der Waals surface area (Å²) in [7, 11) is 3.20. The molecule has 1 aromatic rings. The predicted molar refractivity (Wildman–Crippen MR) is 71.8 cm³/mol. The van der Waals surface area contributed by atoms with E-state index < -0.39 is 5.97 Å². The van der Waals surface area contributed by atoms with E-state index in [1.165, 1.54) is 7.11 Å². The molecule has 0 spiro atoms. The fourth-order valence-electron chi connectivity index (χ4n) is 1.66. The summed E-state index contributed by atoms with van der Waals surface area (Å²) in [5, 5.41) is 9.28. The lowest BCUT2D eigenvalue weighted by atomic mass is 10.1. The van der Waals surface area contributed by atoms with Gasteiger partial charge in [0.2, 0.25) is 0 Å². The molecular formula is C13H20N2O3. The number of aliphatic hydroxyl groups is 1. The molecular weight excluding hydrogens is 232 g/mol. The molecule has 0 bridgehead atoms. The van der Waals surface area contributed by atoms with E-state index in [0.717, 1.165) is 5.69 Å². The van der Waals surface area contributed by atoms with Crippen molar-refractivity contribution < 1.29 is 14.6 Å². The lowest BCUT2D eigenvalue weighted by Gasteiger charge is -2.22. The smallest absolute Gasteiger partial charge is 0.340 e. The highest BCUT2D eigenvalue weighted by molar-refractivity contribution is 5.96. The van der Waals surface area contributed by atoms with Gasteiger partial charge in [-0.25, -0.2) is 4.79 Å². The molecule has 0 fully saturated rings. The van der Waals surface area contributed by atoms with E-state index >= 15 is 0 Å². The standard InChI is InChI=1S/C13H20N2O3/c1-9(16)6-7-15(2)12-5-4-10(14)8-11(12)13(17)18-3/h4-5,8-9,16H,6-7,14H2,1-3H3. The fraction of sp³-hybridized carbons (Fsp3) is 0.462. The Balaban J connectivity index is 2.96. The van der Waals surface area contributed by atoms with Crippen LogP contribution in [-0.2, 0) is 4.74 Å². The van der Waals surface area contributed by atoms with Crippen molar-refractivity contribution in [2.45, 2.75) is 19.4 Å². The molecule has 0 aliphatic rings. The van der Waals surface area contributed by atoms with Crippen LogP contribution < -0.4 is 10.6 Å². The largest absolute Gasteiger partial charge is 0.465 e. The summed E-state index contributed by atoms with van der Waals surface area (Å²) in [6.07, 6.45) is 0.254.